The Hall–Kier alpha value is -3.23. The first kappa shape index (κ1) is 23.5. The van der Waals surface area contributed by atoms with Crippen LogP contribution in [0, 0.1) is 5.92 Å². The van der Waals surface area contributed by atoms with Crippen LogP contribution in [0.25, 0.3) is 10.2 Å². The molecule has 1 aliphatic carbocycles. The van der Waals surface area contributed by atoms with Gasteiger partial charge < -0.3 is 14.2 Å². The SMILES string of the molecule is COc1cccc2sc(C(=O)C3CCN(CC(=O)C4=COC=C(CC5=CC=CCC5)O4)CC3)nc12. The molecule has 2 aliphatic heterocycles. The van der Waals surface area contributed by atoms with Crippen LogP contribution in [0.5, 0.6) is 5.75 Å². The van der Waals surface area contributed by atoms with Gasteiger partial charge in [-0.3, -0.25) is 14.5 Å². The fourth-order valence-corrected chi connectivity index (χ4v) is 5.59. The van der Waals surface area contributed by atoms with E-state index in [1.165, 1.54) is 23.2 Å². The number of hydrogen-bond acceptors (Lipinski definition) is 8. The minimum absolute atomic E-state index is 0.0765. The lowest BCUT2D eigenvalue weighted by Crippen LogP contribution is -2.39. The maximum atomic E-state index is 13.1. The zero-order valence-electron chi connectivity index (χ0n) is 19.7. The second-order valence-electron chi connectivity index (χ2n) is 8.94. The molecule has 3 heterocycles. The first-order valence-electron chi connectivity index (χ1n) is 11.9. The number of carbonyl (C=O) groups is 2. The van der Waals surface area contributed by atoms with Gasteiger partial charge in [-0.15, -0.1) is 11.3 Å². The Bertz CT molecular complexity index is 1250. The summed E-state index contributed by atoms with van der Waals surface area (Å²) >= 11 is 1.41. The molecule has 2 aromatic rings. The summed E-state index contributed by atoms with van der Waals surface area (Å²) in [7, 11) is 1.61. The highest BCUT2D eigenvalue weighted by Crippen LogP contribution is 2.32. The van der Waals surface area contributed by atoms with E-state index in [-0.39, 0.29) is 29.8 Å². The molecule has 1 fully saturated rings. The van der Waals surface area contributed by atoms with Gasteiger partial charge in [0, 0.05) is 12.3 Å². The quantitative estimate of drug-likeness (QED) is 0.471. The van der Waals surface area contributed by atoms with E-state index < -0.39 is 0 Å². The summed E-state index contributed by atoms with van der Waals surface area (Å²) in [5.74, 6) is 1.43. The number of Topliss-reactive ketones (excluding diaryl/α,β-unsaturated/α-hetero) is 2. The number of benzene rings is 1. The van der Waals surface area contributed by atoms with Crippen LogP contribution in [0.4, 0.5) is 0 Å². The van der Waals surface area contributed by atoms with Gasteiger partial charge in [0.25, 0.3) is 0 Å². The predicted octanol–water partition coefficient (Wildman–Crippen LogP) is 5.16. The molecule has 35 heavy (non-hydrogen) atoms. The van der Waals surface area contributed by atoms with E-state index in [2.05, 4.69) is 22.0 Å². The maximum Gasteiger partial charge on any atom is 0.215 e. The van der Waals surface area contributed by atoms with Crippen LogP contribution < -0.4 is 4.74 Å². The van der Waals surface area contributed by atoms with Gasteiger partial charge in [0.15, 0.2) is 10.8 Å². The Morgan fingerprint density at radius 3 is 2.86 bits per heavy atom. The fraction of sp³-hybridized carbons (Fsp3) is 0.370. The van der Waals surface area contributed by atoms with Gasteiger partial charge in [-0.2, -0.15) is 0 Å². The number of para-hydroxylation sites is 1. The molecule has 7 nitrogen and oxygen atoms in total. The van der Waals surface area contributed by atoms with E-state index in [1.54, 1.807) is 13.4 Å². The summed E-state index contributed by atoms with van der Waals surface area (Å²) in [6, 6.07) is 5.71. The number of ether oxygens (including phenoxy) is 3. The third-order valence-electron chi connectivity index (χ3n) is 6.53. The molecule has 0 radical (unpaired) electrons. The summed E-state index contributed by atoms with van der Waals surface area (Å²) in [6.07, 6.45) is 13.2. The lowest BCUT2D eigenvalue weighted by Gasteiger charge is -2.30. The molecule has 0 spiro atoms. The Labute approximate surface area is 208 Å². The van der Waals surface area contributed by atoms with Gasteiger partial charge in [0.05, 0.1) is 18.4 Å². The molecule has 182 valence electrons. The van der Waals surface area contributed by atoms with Gasteiger partial charge in [-0.05, 0) is 50.9 Å². The molecule has 3 aliphatic rings. The zero-order valence-corrected chi connectivity index (χ0v) is 20.5. The summed E-state index contributed by atoms with van der Waals surface area (Å²) in [6.45, 7) is 1.59. The lowest BCUT2D eigenvalue weighted by molar-refractivity contribution is -0.120. The van der Waals surface area contributed by atoms with E-state index >= 15 is 0 Å². The number of allylic oxidation sites excluding steroid dienone is 4. The minimum atomic E-state index is -0.115. The normalized spacial score (nSPS) is 18.8. The summed E-state index contributed by atoms with van der Waals surface area (Å²) in [5.41, 5.74) is 1.99. The van der Waals surface area contributed by atoms with Crippen LogP contribution in [0.2, 0.25) is 0 Å². The van der Waals surface area contributed by atoms with Gasteiger partial charge in [0.1, 0.15) is 29.5 Å². The Morgan fingerprint density at radius 1 is 1.23 bits per heavy atom. The molecule has 0 bridgehead atoms. The predicted molar refractivity (Wildman–Crippen MR) is 134 cm³/mol. The number of thiazole rings is 1. The van der Waals surface area contributed by atoms with Crippen molar-refractivity contribution in [3.05, 3.63) is 71.1 Å². The molecule has 0 N–H and O–H groups in total. The molecule has 0 saturated carbocycles. The Morgan fingerprint density at radius 2 is 2.09 bits per heavy atom. The van der Waals surface area contributed by atoms with E-state index in [1.807, 2.05) is 24.3 Å². The number of methoxy groups -OCH3 is 1. The van der Waals surface area contributed by atoms with E-state index in [0.717, 1.165) is 23.1 Å². The molecule has 1 aromatic carbocycles. The van der Waals surface area contributed by atoms with E-state index in [9.17, 15) is 9.59 Å². The summed E-state index contributed by atoms with van der Waals surface area (Å²) in [4.78, 5) is 32.6. The van der Waals surface area contributed by atoms with Gasteiger partial charge in [-0.25, -0.2) is 4.98 Å². The molecule has 5 rings (SSSR count). The van der Waals surface area contributed by atoms with Crippen molar-refractivity contribution in [2.45, 2.75) is 32.1 Å². The minimum Gasteiger partial charge on any atom is -0.494 e. The molecule has 1 saturated heterocycles. The monoisotopic (exact) mass is 492 g/mol. The summed E-state index contributed by atoms with van der Waals surface area (Å²) in [5, 5.41) is 0.528. The lowest BCUT2D eigenvalue weighted by atomic mass is 9.92. The van der Waals surface area contributed by atoms with Crippen molar-refractivity contribution in [1.82, 2.24) is 9.88 Å². The number of rotatable bonds is 8. The smallest absolute Gasteiger partial charge is 0.215 e. The average Bonchev–Trinajstić information content (AvgIpc) is 3.34. The highest BCUT2D eigenvalue weighted by Gasteiger charge is 2.30. The van der Waals surface area contributed by atoms with Crippen molar-refractivity contribution in [1.29, 1.82) is 0 Å². The van der Waals surface area contributed by atoms with Crippen molar-refractivity contribution in [2.24, 2.45) is 5.92 Å². The fourth-order valence-electron chi connectivity index (χ4n) is 4.59. The number of hydrogen-bond donors (Lipinski definition) is 0. The van der Waals surface area contributed by atoms with Crippen LogP contribution in [-0.2, 0) is 14.3 Å². The standard InChI is InChI=1S/C27H28N2O5S/c1-32-22-8-5-9-24-25(22)28-27(35-24)26(31)19-10-12-29(13-11-19)15-21(30)23-17-33-16-20(34-23)14-18-6-3-2-4-7-18/h2-3,5-6,8-9,16-17,19H,4,7,10-15H2,1H3. The van der Waals surface area contributed by atoms with Crippen LogP contribution in [0.15, 0.2) is 66.0 Å². The number of likely N-dealkylation sites (tertiary alicyclic amines) is 1. The number of piperidine rings is 1. The van der Waals surface area contributed by atoms with E-state index in [4.69, 9.17) is 14.2 Å². The van der Waals surface area contributed by atoms with Crippen molar-refractivity contribution >= 4 is 33.1 Å². The van der Waals surface area contributed by atoms with Crippen molar-refractivity contribution < 1.29 is 23.8 Å². The van der Waals surface area contributed by atoms with Crippen molar-refractivity contribution in [2.75, 3.05) is 26.7 Å². The molecule has 0 amide bonds. The second kappa shape index (κ2) is 10.6. The van der Waals surface area contributed by atoms with Crippen LogP contribution in [-0.4, -0.2) is 48.2 Å². The van der Waals surface area contributed by atoms with Gasteiger partial charge in [0.2, 0.25) is 11.5 Å². The van der Waals surface area contributed by atoms with Gasteiger partial charge in [-0.1, -0.05) is 29.9 Å². The molecule has 0 unspecified atom stereocenters. The summed E-state index contributed by atoms with van der Waals surface area (Å²) < 4.78 is 17.6. The van der Waals surface area contributed by atoms with Crippen LogP contribution in [0.1, 0.15) is 41.9 Å². The highest BCUT2D eigenvalue weighted by atomic mass is 32.1. The molecule has 0 atom stereocenters. The van der Waals surface area contributed by atoms with Crippen LogP contribution in [0.3, 0.4) is 0 Å². The average molecular weight is 493 g/mol. The van der Waals surface area contributed by atoms with Crippen LogP contribution >= 0.6 is 11.3 Å². The number of ketones is 2. The number of carbonyl (C=O) groups excluding carboxylic acids is 2. The largest absolute Gasteiger partial charge is 0.494 e. The molecule has 8 heteroatoms. The highest BCUT2D eigenvalue weighted by molar-refractivity contribution is 7.20. The first-order chi connectivity index (χ1) is 17.1. The third-order valence-corrected chi connectivity index (χ3v) is 7.57. The van der Waals surface area contributed by atoms with E-state index in [0.29, 0.717) is 48.9 Å². The third kappa shape index (κ3) is 5.39. The van der Waals surface area contributed by atoms with Gasteiger partial charge >= 0.3 is 0 Å². The topological polar surface area (TPSA) is 78.0 Å². The molecular weight excluding hydrogens is 464 g/mol. The van der Waals surface area contributed by atoms with Crippen molar-refractivity contribution in [3.63, 3.8) is 0 Å². The number of fused-ring (bicyclic) bond motifs is 1. The Balaban J connectivity index is 1.13. The first-order valence-corrected chi connectivity index (χ1v) is 12.7. The maximum absolute atomic E-state index is 13.1. The number of nitrogens with zero attached hydrogens (tertiary/aromatic N) is 2. The van der Waals surface area contributed by atoms with Crippen molar-refractivity contribution in [3.8, 4) is 5.75 Å². The Kier molecular flexibility index (Phi) is 7.11. The zero-order chi connectivity index (χ0) is 24.2. The molecular formula is C27H28N2O5S. The second-order valence-corrected chi connectivity index (χ2v) is 9.97. The molecule has 1 aromatic heterocycles. The number of aromatic nitrogens is 1.